The summed E-state index contributed by atoms with van der Waals surface area (Å²) in [6.07, 6.45) is 3.27. The molecule has 2 aromatic carbocycles. The highest BCUT2D eigenvalue weighted by Crippen LogP contribution is 2.20. The summed E-state index contributed by atoms with van der Waals surface area (Å²) in [5.74, 6) is 0.0507. The molecule has 0 bridgehead atoms. The minimum Gasteiger partial charge on any atom is -0.336 e. The molecule has 5 nitrogen and oxygen atoms in total. The van der Waals surface area contributed by atoms with Gasteiger partial charge in [-0.05, 0) is 74.9 Å². The van der Waals surface area contributed by atoms with Crippen LogP contribution in [0.15, 0.2) is 47.4 Å². The zero-order valence-electron chi connectivity index (χ0n) is 16.7. The molecule has 2 aromatic rings. The maximum Gasteiger partial charge on any atom is 0.254 e. The van der Waals surface area contributed by atoms with Gasteiger partial charge in [-0.3, -0.25) is 4.79 Å². The van der Waals surface area contributed by atoms with Crippen LogP contribution in [0.25, 0.3) is 0 Å². The fourth-order valence-corrected chi connectivity index (χ4v) is 4.93. The van der Waals surface area contributed by atoms with Gasteiger partial charge in [0.05, 0.1) is 4.90 Å². The molecule has 0 radical (unpaired) electrons. The molecule has 0 spiro atoms. The zero-order chi connectivity index (χ0) is 20.3. The number of nitrogens with one attached hydrogen (secondary N) is 1. The van der Waals surface area contributed by atoms with Crippen molar-refractivity contribution in [3.8, 4) is 0 Å². The Morgan fingerprint density at radius 1 is 1.11 bits per heavy atom. The minimum absolute atomic E-state index is 0.0507. The molecule has 150 valence electrons. The lowest BCUT2D eigenvalue weighted by Gasteiger charge is -2.33. The van der Waals surface area contributed by atoms with Gasteiger partial charge < -0.3 is 4.90 Å². The molecule has 0 aromatic heterocycles. The number of sulfonamides is 1. The first kappa shape index (κ1) is 20.6. The highest BCUT2D eigenvalue weighted by atomic mass is 32.2. The van der Waals surface area contributed by atoms with Gasteiger partial charge in [0.1, 0.15) is 0 Å². The van der Waals surface area contributed by atoms with Crippen LogP contribution in [0.4, 0.5) is 0 Å². The average Bonchev–Trinajstić information content (AvgIpc) is 2.68. The minimum atomic E-state index is -3.59. The van der Waals surface area contributed by atoms with Gasteiger partial charge in [0, 0.05) is 24.7 Å². The van der Waals surface area contributed by atoms with E-state index in [0.717, 1.165) is 36.1 Å². The third kappa shape index (κ3) is 4.62. The Kier molecular flexibility index (Phi) is 6.20. The Balaban J connectivity index is 1.67. The van der Waals surface area contributed by atoms with Crippen LogP contribution in [0, 0.1) is 13.8 Å². The van der Waals surface area contributed by atoms with Crippen LogP contribution in [-0.2, 0) is 16.6 Å². The van der Waals surface area contributed by atoms with E-state index in [2.05, 4.69) is 11.6 Å². The lowest BCUT2D eigenvalue weighted by atomic mass is 10.0. The fourth-order valence-electron chi connectivity index (χ4n) is 3.58. The number of hydrogen-bond donors (Lipinski definition) is 1. The number of likely N-dealkylation sites (tertiary alicyclic amines) is 1. The second kappa shape index (κ2) is 8.45. The molecule has 1 aliphatic rings. The number of amides is 1. The molecule has 1 N–H and O–H groups in total. The highest BCUT2D eigenvalue weighted by Gasteiger charge is 2.24. The summed E-state index contributed by atoms with van der Waals surface area (Å²) < 4.78 is 27.9. The van der Waals surface area contributed by atoms with Gasteiger partial charge in [-0.15, -0.1) is 0 Å². The predicted molar refractivity (Wildman–Crippen MR) is 111 cm³/mol. The number of piperidine rings is 1. The molecule has 1 saturated heterocycles. The third-order valence-electron chi connectivity index (χ3n) is 5.36. The first-order chi connectivity index (χ1) is 13.3. The molecule has 1 aliphatic heterocycles. The molecule has 1 fully saturated rings. The van der Waals surface area contributed by atoms with E-state index in [-0.39, 0.29) is 18.5 Å². The lowest BCUT2D eigenvalue weighted by molar-refractivity contribution is 0.0635. The van der Waals surface area contributed by atoms with Crippen molar-refractivity contribution in [2.45, 2.75) is 57.5 Å². The Labute approximate surface area is 167 Å². The number of carbonyl (C=O) groups is 1. The van der Waals surface area contributed by atoms with E-state index < -0.39 is 10.0 Å². The maximum atomic E-state index is 12.7. The summed E-state index contributed by atoms with van der Waals surface area (Å²) in [5, 5.41) is 0. The first-order valence-electron chi connectivity index (χ1n) is 9.75. The second-order valence-corrected chi connectivity index (χ2v) is 9.37. The van der Waals surface area contributed by atoms with Gasteiger partial charge in [0.25, 0.3) is 5.91 Å². The van der Waals surface area contributed by atoms with Crippen LogP contribution in [-0.4, -0.2) is 31.8 Å². The van der Waals surface area contributed by atoms with E-state index in [1.54, 1.807) is 25.1 Å². The third-order valence-corrected chi connectivity index (χ3v) is 6.91. The molecule has 3 rings (SSSR count). The van der Waals surface area contributed by atoms with E-state index in [0.29, 0.717) is 10.5 Å². The normalized spacial score (nSPS) is 17.5. The standard InChI is InChI=1S/C22H28N2O3S/c1-16-7-8-17(2)21(14-16)28(26,27)23-15-19-9-11-20(12-10-19)22(25)24-13-5-4-6-18(24)3/h7-12,14,18,23H,4-6,13,15H2,1-3H3/t18-/m0/s1. The molecule has 0 unspecified atom stereocenters. The van der Waals surface area contributed by atoms with Crippen molar-refractivity contribution in [3.05, 3.63) is 64.7 Å². The van der Waals surface area contributed by atoms with Crippen LogP contribution in [0.1, 0.15) is 53.2 Å². The monoisotopic (exact) mass is 400 g/mol. The molecule has 1 amide bonds. The predicted octanol–water partition coefficient (Wildman–Crippen LogP) is 3.80. The average molecular weight is 401 g/mol. The van der Waals surface area contributed by atoms with Gasteiger partial charge in [0.15, 0.2) is 0 Å². The van der Waals surface area contributed by atoms with Crippen molar-refractivity contribution in [1.82, 2.24) is 9.62 Å². The van der Waals surface area contributed by atoms with E-state index in [1.807, 2.05) is 36.1 Å². The van der Waals surface area contributed by atoms with E-state index in [4.69, 9.17) is 0 Å². The van der Waals surface area contributed by atoms with Crippen molar-refractivity contribution < 1.29 is 13.2 Å². The summed E-state index contributed by atoms with van der Waals surface area (Å²) >= 11 is 0. The van der Waals surface area contributed by atoms with Crippen LogP contribution in [0.2, 0.25) is 0 Å². The molecular formula is C22H28N2O3S. The number of aryl methyl sites for hydroxylation is 2. The smallest absolute Gasteiger partial charge is 0.254 e. The topological polar surface area (TPSA) is 66.5 Å². The number of benzene rings is 2. The molecule has 6 heteroatoms. The largest absolute Gasteiger partial charge is 0.336 e. The maximum absolute atomic E-state index is 12.7. The van der Waals surface area contributed by atoms with Crippen molar-refractivity contribution in [1.29, 1.82) is 0 Å². The summed E-state index contributed by atoms with van der Waals surface area (Å²) in [4.78, 5) is 14.9. The zero-order valence-corrected chi connectivity index (χ0v) is 17.6. The lowest BCUT2D eigenvalue weighted by Crippen LogP contribution is -2.42. The van der Waals surface area contributed by atoms with Gasteiger partial charge in [0.2, 0.25) is 10.0 Å². The molecule has 1 atom stereocenters. The van der Waals surface area contributed by atoms with E-state index in [1.165, 1.54) is 6.42 Å². The van der Waals surface area contributed by atoms with Crippen LogP contribution in [0.5, 0.6) is 0 Å². The van der Waals surface area contributed by atoms with Gasteiger partial charge in [-0.25, -0.2) is 13.1 Å². The van der Waals surface area contributed by atoms with E-state index in [9.17, 15) is 13.2 Å². The Morgan fingerprint density at radius 2 is 1.82 bits per heavy atom. The summed E-state index contributed by atoms with van der Waals surface area (Å²) in [6, 6.07) is 12.8. The number of hydrogen-bond acceptors (Lipinski definition) is 3. The second-order valence-electron chi connectivity index (χ2n) is 7.63. The summed E-state index contributed by atoms with van der Waals surface area (Å²) in [5.41, 5.74) is 3.09. The molecular weight excluding hydrogens is 372 g/mol. The summed E-state index contributed by atoms with van der Waals surface area (Å²) in [7, 11) is -3.59. The molecule has 0 saturated carbocycles. The fraction of sp³-hybridized carbons (Fsp3) is 0.409. The molecule has 28 heavy (non-hydrogen) atoms. The number of nitrogens with zero attached hydrogens (tertiary/aromatic N) is 1. The van der Waals surface area contributed by atoms with Crippen molar-refractivity contribution in [2.75, 3.05) is 6.54 Å². The number of carbonyl (C=O) groups excluding carboxylic acids is 1. The Hall–Kier alpha value is -2.18. The Morgan fingerprint density at radius 3 is 2.50 bits per heavy atom. The van der Waals surface area contributed by atoms with Crippen molar-refractivity contribution >= 4 is 15.9 Å². The molecule has 1 heterocycles. The van der Waals surface area contributed by atoms with Gasteiger partial charge in [-0.2, -0.15) is 0 Å². The van der Waals surface area contributed by atoms with Crippen molar-refractivity contribution in [2.24, 2.45) is 0 Å². The molecule has 0 aliphatic carbocycles. The number of rotatable bonds is 5. The van der Waals surface area contributed by atoms with Crippen molar-refractivity contribution in [3.63, 3.8) is 0 Å². The first-order valence-corrected chi connectivity index (χ1v) is 11.2. The van der Waals surface area contributed by atoms with E-state index >= 15 is 0 Å². The Bertz CT molecular complexity index is 952. The van der Waals surface area contributed by atoms with Gasteiger partial charge >= 0.3 is 0 Å². The van der Waals surface area contributed by atoms with Crippen LogP contribution >= 0.6 is 0 Å². The SMILES string of the molecule is Cc1ccc(C)c(S(=O)(=O)NCc2ccc(C(=O)N3CCCC[C@@H]3C)cc2)c1. The van der Waals surface area contributed by atoms with Gasteiger partial charge in [-0.1, -0.05) is 24.3 Å². The van der Waals surface area contributed by atoms with Crippen LogP contribution in [0.3, 0.4) is 0 Å². The summed E-state index contributed by atoms with van der Waals surface area (Å²) in [6.45, 7) is 6.74. The van der Waals surface area contributed by atoms with Crippen LogP contribution < -0.4 is 4.72 Å². The quantitative estimate of drug-likeness (QED) is 0.830. The highest BCUT2D eigenvalue weighted by molar-refractivity contribution is 7.89.